The monoisotopic (exact) mass is 254 g/mol. The summed E-state index contributed by atoms with van der Waals surface area (Å²) in [6.07, 6.45) is 1.80. The van der Waals surface area contributed by atoms with Crippen molar-refractivity contribution in [3.05, 3.63) is 28.5 Å². The lowest BCUT2D eigenvalue weighted by molar-refractivity contribution is 0.0677. The Kier molecular flexibility index (Phi) is 3.64. The van der Waals surface area contributed by atoms with Crippen LogP contribution in [0, 0.1) is 6.92 Å². The molecule has 0 saturated carbocycles. The average molecular weight is 255 g/mol. The van der Waals surface area contributed by atoms with Crippen LogP contribution in [0.15, 0.2) is 12.1 Å². The molecule has 17 heavy (non-hydrogen) atoms. The Balaban J connectivity index is 2.24. The van der Waals surface area contributed by atoms with Crippen molar-refractivity contribution in [3.63, 3.8) is 0 Å². The van der Waals surface area contributed by atoms with Gasteiger partial charge in [0.05, 0.1) is 12.6 Å². The second-order valence-corrected chi connectivity index (χ2v) is 4.68. The number of rotatable bonds is 2. The summed E-state index contributed by atoms with van der Waals surface area (Å²) in [6, 6.07) is 3.24. The molecule has 0 radical (unpaired) electrons. The van der Waals surface area contributed by atoms with E-state index in [2.05, 4.69) is 4.98 Å². The Hall–Kier alpha value is -1.13. The molecule has 1 saturated heterocycles. The highest BCUT2D eigenvalue weighted by Gasteiger charge is 2.28. The Morgan fingerprint density at radius 3 is 3.06 bits per heavy atom. The first kappa shape index (κ1) is 12.3. The van der Waals surface area contributed by atoms with E-state index in [1.807, 2.05) is 0 Å². The fraction of sp³-hybridized carbons (Fsp3) is 0.500. The molecule has 1 N–H and O–H groups in total. The van der Waals surface area contributed by atoms with Gasteiger partial charge in [-0.15, -0.1) is 0 Å². The second-order valence-electron chi connectivity index (χ2n) is 4.30. The van der Waals surface area contributed by atoms with Gasteiger partial charge < -0.3 is 10.0 Å². The lowest BCUT2D eigenvalue weighted by atomic mass is 10.2. The molecule has 0 aliphatic carbocycles. The third-order valence-electron chi connectivity index (χ3n) is 3.02. The van der Waals surface area contributed by atoms with Crippen LogP contribution in [0.4, 0.5) is 0 Å². The third-order valence-corrected chi connectivity index (χ3v) is 3.21. The normalized spacial score (nSPS) is 19.7. The number of aliphatic hydroxyl groups excluding tert-OH is 1. The highest BCUT2D eigenvalue weighted by Crippen LogP contribution is 2.21. The predicted octanol–water partition coefficient (Wildman–Crippen LogP) is 1.64. The molecule has 1 aliphatic rings. The standard InChI is InChI=1S/C12H15ClN2O2/c1-8-5-9(6-11(13)14-8)12(17)15-4-2-3-10(15)7-16/h5-6,10,16H,2-4,7H2,1H3. The first-order chi connectivity index (χ1) is 8.11. The number of hydrogen-bond donors (Lipinski definition) is 1. The highest BCUT2D eigenvalue weighted by molar-refractivity contribution is 6.29. The summed E-state index contributed by atoms with van der Waals surface area (Å²) in [7, 11) is 0. The molecule has 1 atom stereocenters. The number of carbonyl (C=O) groups is 1. The smallest absolute Gasteiger partial charge is 0.254 e. The molecular formula is C12H15ClN2O2. The van der Waals surface area contributed by atoms with Gasteiger partial charge in [0.15, 0.2) is 0 Å². The molecule has 0 bridgehead atoms. The van der Waals surface area contributed by atoms with Gasteiger partial charge in [-0.05, 0) is 31.9 Å². The molecule has 1 fully saturated rings. The van der Waals surface area contributed by atoms with E-state index >= 15 is 0 Å². The van der Waals surface area contributed by atoms with Crippen LogP contribution >= 0.6 is 11.6 Å². The first-order valence-corrected chi connectivity index (χ1v) is 6.05. The Bertz CT molecular complexity index is 416. The van der Waals surface area contributed by atoms with E-state index in [-0.39, 0.29) is 18.6 Å². The summed E-state index contributed by atoms with van der Waals surface area (Å²) >= 11 is 5.84. The number of pyridine rings is 1. The highest BCUT2D eigenvalue weighted by atomic mass is 35.5. The van der Waals surface area contributed by atoms with E-state index in [0.717, 1.165) is 18.5 Å². The molecule has 2 rings (SSSR count). The van der Waals surface area contributed by atoms with Gasteiger partial charge in [-0.2, -0.15) is 0 Å². The van der Waals surface area contributed by atoms with Gasteiger partial charge in [0, 0.05) is 17.8 Å². The van der Waals surface area contributed by atoms with Crippen molar-refractivity contribution in [2.75, 3.05) is 13.2 Å². The zero-order valence-corrected chi connectivity index (χ0v) is 10.4. The Labute approximate surface area is 105 Å². The fourth-order valence-electron chi connectivity index (χ4n) is 2.21. The lowest BCUT2D eigenvalue weighted by Gasteiger charge is -2.23. The van der Waals surface area contributed by atoms with Crippen LogP contribution in [-0.2, 0) is 0 Å². The summed E-state index contributed by atoms with van der Waals surface area (Å²) in [5, 5.41) is 9.54. The van der Waals surface area contributed by atoms with Crippen molar-refractivity contribution in [1.82, 2.24) is 9.88 Å². The quantitative estimate of drug-likeness (QED) is 0.817. The minimum atomic E-state index is -0.0750. The third kappa shape index (κ3) is 2.58. The zero-order chi connectivity index (χ0) is 12.4. The summed E-state index contributed by atoms with van der Waals surface area (Å²) in [5.41, 5.74) is 1.27. The Morgan fingerprint density at radius 2 is 2.41 bits per heavy atom. The topological polar surface area (TPSA) is 53.4 Å². The molecule has 92 valence electrons. The van der Waals surface area contributed by atoms with E-state index in [1.54, 1.807) is 24.0 Å². The number of nitrogens with zero attached hydrogens (tertiary/aromatic N) is 2. The van der Waals surface area contributed by atoms with Gasteiger partial charge >= 0.3 is 0 Å². The second kappa shape index (κ2) is 5.02. The van der Waals surface area contributed by atoms with Crippen molar-refractivity contribution < 1.29 is 9.90 Å². The van der Waals surface area contributed by atoms with Crippen LogP contribution in [0.1, 0.15) is 28.9 Å². The van der Waals surface area contributed by atoms with Gasteiger partial charge in [-0.3, -0.25) is 4.79 Å². The van der Waals surface area contributed by atoms with Gasteiger partial charge in [-0.1, -0.05) is 11.6 Å². The number of halogens is 1. The summed E-state index contributed by atoms with van der Waals surface area (Å²) in [6.45, 7) is 2.52. The number of aliphatic hydroxyl groups is 1. The molecular weight excluding hydrogens is 240 g/mol. The van der Waals surface area contributed by atoms with Crippen molar-refractivity contribution in [1.29, 1.82) is 0 Å². The summed E-state index contributed by atoms with van der Waals surface area (Å²) in [4.78, 5) is 18.0. The van der Waals surface area contributed by atoms with E-state index in [4.69, 9.17) is 11.6 Å². The first-order valence-electron chi connectivity index (χ1n) is 5.68. The van der Waals surface area contributed by atoms with Crippen molar-refractivity contribution in [3.8, 4) is 0 Å². The average Bonchev–Trinajstić information content (AvgIpc) is 2.74. The molecule has 4 nitrogen and oxygen atoms in total. The van der Waals surface area contributed by atoms with Crippen LogP contribution in [0.2, 0.25) is 5.15 Å². The SMILES string of the molecule is Cc1cc(C(=O)N2CCCC2CO)cc(Cl)n1. The molecule has 1 unspecified atom stereocenters. The van der Waals surface area contributed by atoms with Gasteiger partial charge in [0.25, 0.3) is 5.91 Å². The molecule has 0 spiro atoms. The number of aryl methyl sites for hydroxylation is 1. The maximum Gasteiger partial charge on any atom is 0.254 e. The number of aromatic nitrogens is 1. The largest absolute Gasteiger partial charge is 0.394 e. The maximum absolute atomic E-state index is 12.2. The zero-order valence-electron chi connectivity index (χ0n) is 9.69. The van der Waals surface area contributed by atoms with E-state index in [9.17, 15) is 9.90 Å². The number of hydrogen-bond acceptors (Lipinski definition) is 3. The van der Waals surface area contributed by atoms with Gasteiger partial charge in [-0.25, -0.2) is 4.98 Å². The van der Waals surface area contributed by atoms with Crippen molar-refractivity contribution in [2.24, 2.45) is 0 Å². The van der Waals surface area contributed by atoms with E-state index < -0.39 is 0 Å². The number of likely N-dealkylation sites (tertiary alicyclic amines) is 1. The maximum atomic E-state index is 12.2. The van der Waals surface area contributed by atoms with Crippen LogP contribution in [0.25, 0.3) is 0 Å². The van der Waals surface area contributed by atoms with Gasteiger partial charge in [0.2, 0.25) is 0 Å². The summed E-state index contributed by atoms with van der Waals surface area (Å²) in [5.74, 6) is -0.0750. The minimum Gasteiger partial charge on any atom is -0.394 e. The minimum absolute atomic E-state index is 0.0174. The van der Waals surface area contributed by atoms with E-state index in [1.165, 1.54) is 0 Å². The van der Waals surface area contributed by atoms with Crippen LogP contribution in [0.5, 0.6) is 0 Å². The molecule has 1 amide bonds. The van der Waals surface area contributed by atoms with Crippen LogP contribution in [-0.4, -0.2) is 40.1 Å². The Morgan fingerprint density at radius 1 is 1.65 bits per heavy atom. The van der Waals surface area contributed by atoms with Crippen LogP contribution in [0.3, 0.4) is 0 Å². The molecule has 0 aromatic carbocycles. The molecule has 5 heteroatoms. The van der Waals surface area contributed by atoms with Crippen molar-refractivity contribution >= 4 is 17.5 Å². The van der Waals surface area contributed by atoms with Crippen molar-refractivity contribution in [2.45, 2.75) is 25.8 Å². The molecule has 1 aliphatic heterocycles. The lowest BCUT2D eigenvalue weighted by Crippen LogP contribution is -2.37. The number of carbonyl (C=O) groups excluding carboxylic acids is 1. The molecule has 2 heterocycles. The summed E-state index contributed by atoms with van der Waals surface area (Å²) < 4.78 is 0. The van der Waals surface area contributed by atoms with Gasteiger partial charge in [0.1, 0.15) is 5.15 Å². The van der Waals surface area contributed by atoms with Crippen LogP contribution < -0.4 is 0 Å². The molecule has 1 aromatic heterocycles. The predicted molar refractivity (Wildman–Crippen MR) is 65.1 cm³/mol. The fourth-order valence-corrected chi connectivity index (χ4v) is 2.46. The van der Waals surface area contributed by atoms with E-state index in [0.29, 0.717) is 17.3 Å². The molecule has 1 aromatic rings. The number of amides is 1.